The highest BCUT2D eigenvalue weighted by atomic mass is 32.2. The maximum Gasteiger partial charge on any atom is 0.225 e. The van der Waals surface area contributed by atoms with E-state index < -0.39 is 15.3 Å². The van der Waals surface area contributed by atoms with Gasteiger partial charge in [-0.2, -0.15) is 0 Å². The van der Waals surface area contributed by atoms with Gasteiger partial charge in [0.15, 0.2) is 0 Å². The van der Waals surface area contributed by atoms with Crippen molar-refractivity contribution in [3.8, 4) is 0 Å². The highest BCUT2D eigenvalue weighted by Crippen LogP contribution is 2.30. The summed E-state index contributed by atoms with van der Waals surface area (Å²) in [6.45, 7) is 2.66. The smallest absolute Gasteiger partial charge is 0.225 e. The van der Waals surface area contributed by atoms with Crippen LogP contribution < -0.4 is 0 Å². The molecule has 0 spiro atoms. The molecule has 3 aliphatic rings. The predicted octanol–water partition coefficient (Wildman–Crippen LogP) is 0.743. The fourth-order valence-electron chi connectivity index (χ4n) is 4.04. The van der Waals surface area contributed by atoms with Gasteiger partial charge < -0.3 is 9.80 Å². The van der Waals surface area contributed by atoms with Gasteiger partial charge >= 0.3 is 0 Å². The Kier molecular flexibility index (Phi) is 4.99. The second kappa shape index (κ2) is 6.69. The molecule has 0 aromatic carbocycles. The molecule has 0 N–H and O–H groups in total. The Morgan fingerprint density at radius 1 is 1.04 bits per heavy atom. The highest BCUT2D eigenvalue weighted by molar-refractivity contribution is 7.89. The first-order chi connectivity index (χ1) is 10.9. The predicted molar refractivity (Wildman–Crippen MR) is 89.5 cm³/mol. The van der Waals surface area contributed by atoms with Crippen molar-refractivity contribution >= 4 is 15.9 Å². The summed E-state index contributed by atoms with van der Waals surface area (Å²) in [5, 5.41) is -0.405. The highest BCUT2D eigenvalue weighted by Gasteiger charge is 2.45. The monoisotopic (exact) mass is 343 g/mol. The van der Waals surface area contributed by atoms with E-state index in [1.807, 2.05) is 0 Å². The van der Waals surface area contributed by atoms with E-state index in [1.54, 1.807) is 16.3 Å². The van der Waals surface area contributed by atoms with E-state index in [4.69, 9.17) is 0 Å². The molecule has 0 aromatic rings. The van der Waals surface area contributed by atoms with E-state index in [-0.39, 0.29) is 17.9 Å². The van der Waals surface area contributed by atoms with E-state index in [0.29, 0.717) is 13.1 Å². The van der Waals surface area contributed by atoms with Crippen molar-refractivity contribution in [3.63, 3.8) is 0 Å². The zero-order valence-corrected chi connectivity index (χ0v) is 15.1. The van der Waals surface area contributed by atoms with Crippen molar-refractivity contribution in [2.24, 2.45) is 5.92 Å². The molecule has 0 radical (unpaired) electrons. The SMILES string of the molecule is CN1CCC(N(C)S(=O)(=O)C2CN(C(=O)C3CCCC3)C2)CC1. The van der Waals surface area contributed by atoms with Gasteiger partial charge in [-0.15, -0.1) is 0 Å². The van der Waals surface area contributed by atoms with Crippen LogP contribution in [0.15, 0.2) is 0 Å². The summed E-state index contributed by atoms with van der Waals surface area (Å²) in [5.41, 5.74) is 0. The van der Waals surface area contributed by atoms with E-state index in [2.05, 4.69) is 11.9 Å². The number of sulfonamides is 1. The van der Waals surface area contributed by atoms with Gasteiger partial charge in [-0.25, -0.2) is 12.7 Å². The number of carbonyl (C=O) groups excluding carboxylic acids is 1. The molecule has 1 aliphatic carbocycles. The van der Waals surface area contributed by atoms with Crippen LogP contribution in [0, 0.1) is 5.92 Å². The van der Waals surface area contributed by atoms with E-state index in [0.717, 1.165) is 51.6 Å². The average Bonchev–Trinajstić information content (AvgIpc) is 2.99. The molecular formula is C16H29N3O3S. The summed E-state index contributed by atoms with van der Waals surface area (Å²) >= 11 is 0. The third kappa shape index (κ3) is 3.42. The summed E-state index contributed by atoms with van der Waals surface area (Å²) < 4.78 is 27.1. The second-order valence-corrected chi connectivity index (χ2v) is 9.71. The molecule has 2 heterocycles. The first-order valence-electron chi connectivity index (χ1n) is 8.84. The Labute approximate surface area is 139 Å². The molecule has 0 bridgehead atoms. The van der Waals surface area contributed by atoms with Crippen LogP contribution in [0.5, 0.6) is 0 Å². The number of piperidine rings is 1. The van der Waals surface area contributed by atoms with E-state index in [9.17, 15) is 13.2 Å². The van der Waals surface area contributed by atoms with E-state index in [1.165, 1.54) is 0 Å². The quantitative estimate of drug-likeness (QED) is 0.755. The van der Waals surface area contributed by atoms with Gasteiger partial charge in [-0.05, 0) is 45.8 Å². The van der Waals surface area contributed by atoms with Crippen molar-refractivity contribution < 1.29 is 13.2 Å². The molecule has 2 saturated heterocycles. The van der Waals surface area contributed by atoms with Crippen LogP contribution in [-0.2, 0) is 14.8 Å². The minimum Gasteiger partial charge on any atom is -0.340 e. The lowest BCUT2D eigenvalue weighted by atomic mass is 10.0. The lowest BCUT2D eigenvalue weighted by Gasteiger charge is -2.43. The molecule has 3 fully saturated rings. The van der Waals surface area contributed by atoms with Crippen molar-refractivity contribution in [1.29, 1.82) is 0 Å². The molecular weight excluding hydrogens is 314 g/mol. The summed E-state index contributed by atoms with van der Waals surface area (Å²) in [6, 6.07) is 0.107. The lowest BCUT2D eigenvalue weighted by Crippen LogP contribution is -2.61. The van der Waals surface area contributed by atoms with Crippen molar-refractivity contribution in [1.82, 2.24) is 14.1 Å². The largest absolute Gasteiger partial charge is 0.340 e. The lowest BCUT2D eigenvalue weighted by molar-refractivity contribution is -0.138. The van der Waals surface area contributed by atoms with Crippen LogP contribution in [-0.4, -0.2) is 80.0 Å². The molecule has 1 amide bonds. The summed E-state index contributed by atoms with van der Waals surface area (Å²) in [4.78, 5) is 16.3. The maximum atomic E-state index is 12.8. The molecule has 0 unspecified atom stereocenters. The molecule has 0 aromatic heterocycles. The first kappa shape index (κ1) is 17.2. The van der Waals surface area contributed by atoms with Gasteiger partial charge in [0.2, 0.25) is 15.9 Å². The van der Waals surface area contributed by atoms with E-state index >= 15 is 0 Å². The molecule has 6 nitrogen and oxygen atoms in total. The van der Waals surface area contributed by atoms with Gasteiger partial charge in [0, 0.05) is 32.1 Å². The minimum atomic E-state index is -3.29. The standard InChI is InChI=1S/C16H29N3O3S/c1-17-9-7-14(8-10-17)18(2)23(21,22)15-11-19(12-15)16(20)13-5-3-4-6-13/h13-15H,3-12H2,1-2H3. The van der Waals surface area contributed by atoms with Gasteiger partial charge in [0.25, 0.3) is 0 Å². The zero-order valence-electron chi connectivity index (χ0n) is 14.3. The van der Waals surface area contributed by atoms with Crippen LogP contribution in [0.3, 0.4) is 0 Å². The molecule has 23 heavy (non-hydrogen) atoms. The van der Waals surface area contributed by atoms with Gasteiger partial charge in [-0.1, -0.05) is 12.8 Å². The summed E-state index contributed by atoms with van der Waals surface area (Å²) in [6.07, 6.45) is 5.99. The minimum absolute atomic E-state index is 0.107. The average molecular weight is 343 g/mol. The number of carbonyl (C=O) groups is 1. The second-order valence-electron chi connectivity index (χ2n) is 7.44. The Morgan fingerprint density at radius 2 is 1.61 bits per heavy atom. The molecule has 0 atom stereocenters. The normalized spacial score (nSPS) is 26.0. The van der Waals surface area contributed by atoms with Crippen molar-refractivity contribution in [3.05, 3.63) is 0 Å². The van der Waals surface area contributed by atoms with Crippen molar-refractivity contribution in [2.75, 3.05) is 40.3 Å². The van der Waals surface area contributed by atoms with Crippen molar-refractivity contribution in [2.45, 2.75) is 49.8 Å². The fourth-order valence-corrected chi connectivity index (χ4v) is 5.87. The number of hydrogen-bond acceptors (Lipinski definition) is 4. The van der Waals surface area contributed by atoms with Crippen LogP contribution in [0.2, 0.25) is 0 Å². The number of hydrogen-bond donors (Lipinski definition) is 0. The Balaban J connectivity index is 1.54. The zero-order chi connectivity index (χ0) is 16.6. The molecule has 1 saturated carbocycles. The van der Waals surface area contributed by atoms with Gasteiger partial charge in [0.1, 0.15) is 5.25 Å². The fraction of sp³-hybridized carbons (Fsp3) is 0.938. The topological polar surface area (TPSA) is 60.9 Å². The number of likely N-dealkylation sites (tertiary alicyclic amines) is 2. The third-order valence-corrected chi connectivity index (χ3v) is 8.13. The molecule has 7 heteroatoms. The number of amides is 1. The first-order valence-corrected chi connectivity index (χ1v) is 10.3. The summed E-state index contributed by atoms with van der Waals surface area (Å²) in [7, 11) is 0.499. The summed E-state index contributed by atoms with van der Waals surface area (Å²) in [5.74, 6) is 0.321. The van der Waals surface area contributed by atoms with Gasteiger partial charge in [-0.3, -0.25) is 4.79 Å². The molecule has 132 valence electrons. The Hall–Kier alpha value is -0.660. The van der Waals surface area contributed by atoms with Crippen LogP contribution in [0.25, 0.3) is 0 Å². The Bertz CT molecular complexity index is 531. The van der Waals surface area contributed by atoms with Crippen LogP contribution in [0.4, 0.5) is 0 Å². The molecule has 3 rings (SSSR count). The Morgan fingerprint density at radius 3 is 2.17 bits per heavy atom. The molecule has 2 aliphatic heterocycles. The number of rotatable bonds is 4. The van der Waals surface area contributed by atoms with Crippen LogP contribution in [0.1, 0.15) is 38.5 Å². The maximum absolute atomic E-state index is 12.8. The number of nitrogens with zero attached hydrogens (tertiary/aromatic N) is 3. The van der Waals surface area contributed by atoms with Gasteiger partial charge in [0.05, 0.1) is 0 Å². The van der Waals surface area contributed by atoms with Crippen LogP contribution >= 0.6 is 0 Å². The third-order valence-electron chi connectivity index (χ3n) is 5.89.